The van der Waals surface area contributed by atoms with Crippen LogP contribution >= 0.6 is 0 Å². The molecule has 0 aliphatic carbocycles. The van der Waals surface area contributed by atoms with E-state index in [1.54, 1.807) is 0 Å². The van der Waals surface area contributed by atoms with E-state index in [2.05, 4.69) is 32.0 Å². The summed E-state index contributed by atoms with van der Waals surface area (Å²) >= 11 is 0. The van der Waals surface area contributed by atoms with Crippen LogP contribution in [0.3, 0.4) is 0 Å². The summed E-state index contributed by atoms with van der Waals surface area (Å²) in [6.07, 6.45) is 1.84. The van der Waals surface area contributed by atoms with Crippen LogP contribution in [-0.2, 0) is 0 Å². The van der Waals surface area contributed by atoms with Crippen molar-refractivity contribution in [3.05, 3.63) is 72.8 Å². The van der Waals surface area contributed by atoms with Gasteiger partial charge in [-0.2, -0.15) is 9.46 Å². The van der Waals surface area contributed by atoms with Crippen molar-refractivity contribution in [2.24, 2.45) is 0 Å². The van der Waals surface area contributed by atoms with Gasteiger partial charge >= 0.3 is 0 Å². The average Bonchev–Trinajstić information content (AvgIpc) is 3.40. The van der Waals surface area contributed by atoms with E-state index in [0.717, 1.165) is 57.7 Å². The van der Waals surface area contributed by atoms with Crippen LogP contribution in [0.2, 0.25) is 0 Å². The minimum Gasteiger partial charge on any atom is -0.412 e. The molecule has 0 saturated heterocycles. The van der Waals surface area contributed by atoms with Gasteiger partial charge in [-0.15, -0.1) is 0 Å². The van der Waals surface area contributed by atoms with Crippen LogP contribution in [-0.4, -0.2) is 32.6 Å². The molecule has 0 saturated carbocycles. The highest BCUT2D eigenvalue weighted by molar-refractivity contribution is 5.83. The highest BCUT2D eigenvalue weighted by Crippen LogP contribution is 2.29. The van der Waals surface area contributed by atoms with E-state index in [-0.39, 0.29) is 0 Å². The number of hydrogen-bond donors (Lipinski definition) is 0. The number of hydrogen-bond acceptors (Lipinski definition) is 4. The van der Waals surface area contributed by atoms with Crippen molar-refractivity contribution < 1.29 is 9.68 Å². The van der Waals surface area contributed by atoms with Crippen LogP contribution in [0.5, 0.6) is 0 Å². The molecular weight excluding hydrogens is 400 g/mol. The lowest BCUT2D eigenvalue weighted by Crippen LogP contribution is -2.14. The summed E-state index contributed by atoms with van der Waals surface area (Å²) in [5.41, 5.74) is 5.65. The molecule has 0 amide bonds. The van der Waals surface area contributed by atoms with E-state index in [9.17, 15) is 0 Å². The molecule has 0 aliphatic rings. The summed E-state index contributed by atoms with van der Waals surface area (Å²) in [6, 6.07) is 24.3. The van der Waals surface area contributed by atoms with Crippen molar-refractivity contribution in [3.8, 4) is 22.8 Å². The third kappa shape index (κ3) is 3.58. The molecule has 0 N–H and O–H groups in total. The summed E-state index contributed by atoms with van der Waals surface area (Å²) in [7, 11) is 0. The Morgan fingerprint density at radius 3 is 1.56 bits per heavy atom. The van der Waals surface area contributed by atoms with Crippen molar-refractivity contribution in [2.75, 3.05) is 13.2 Å². The Balaban J connectivity index is 1.64. The Morgan fingerprint density at radius 1 is 0.625 bits per heavy atom. The third-order valence-electron chi connectivity index (χ3n) is 5.27. The SMILES string of the molecule is CCCOn1c(-c2cccc(-c3nc4ccccc4n3OCCC)c2)nc2ccccc21. The molecule has 0 unspecified atom stereocenters. The summed E-state index contributed by atoms with van der Waals surface area (Å²) in [6.45, 7) is 5.43. The third-order valence-corrected chi connectivity index (χ3v) is 5.27. The zero-order chi connectivity index (χ0) is 21.9. The van der Waals surface area contributed by atoms with Gasteiger partial charge in [0.1, 0.15) is 24.2 Å². The summed E-state index contributed by atoms with van der Waals surface area (Å²) in [5, 5.41) is 0. The predicted molar refractivity (Wildman–Crippen MR) is 127 cm³/mol. The second-order valence-corrected chi connectivity index (χ2v) is 7.68. The molecule has 0 atom stereocenters. The molecule has 6 heteroatoms. The molecule has 6 nitrogen and oxygen atoms in total. The predicted octanol–water partition coefficient (Wildman–Crippen LogP) is 5.40. The molecule has 32 heavy (non-hydrogen) atoms. The average molecular weight is 427 g/mol. The Morgan fingerprint density at radius 2 is 1.09 bits per heavy atom. The van der Waals surface area contributed by atoms with Gasteiger partial charge < -0.3 is 9.68 Å². The van der Waals surface area contributed by atoms with Crippen molar-refractivity contribution in [3.63, 3.8) is 0 Å². The van der Waals surface area contributed by atoms with Gasteiger partial charge in [-0.1, -0.05) is 56.3 Å². The van der Waals surface area contributed by atoms with Gasteiger partial charge in [0.2, 0.25) is 0 Å². The van der Waals surface area contributed by atoms with E-state index >= 15 is 0 Å². The lowest BCUT2D eigenvalue weighted by Gasteiger charge is -2.12. The Kier molecular flexibility index (Phi) is 5.50. The lowest BCUT2D eigenvalue weighted by molar-refractivity contribution is 0.123. The van der Waals surface area contributed by atoms with E-state index < -0.39 is 0 Å². The van der Waals surface area contributed by atoms with Crippen LogP contribution in [0.1, 0.15) is 26.7 Å². The van der Waals surface area contributed by atoms with Crippen LogP contribution < -0.4 is 9.68 Å². The maximum atomic E-state index is 6.07. The first-order valence-electron chi connectivity index (χ1n) is 11.1. The zero-order valence-electron chi connectivity index (χ0n) is 18.4. The molecule has 0 fully saturated rings. The standard InChI is InChI=1S/C26H26N4O2/c1-3-16-31-29-23-14-7-5-12-21(23)27-25(29)19-10-9-11-20(18-19)26-28-22-13-6-8-15-24(22)30(26)32-17-4-2/h5-15,18H,3-4,16-17H2,1-2H3. The number of rotatable bonds is 8. The largest absolute Gasteiger partial charge is 0.412 e. The van der Waals surface area contributed by atoms with Gasteiger partial charge in [-0.3, -0.25) is 0 Å². The number of benzene rings is 3. The highest BCUT2D eigenvalue weighted by atomic mass is 16.7. The molecule has 0 aliphatic heterocycles. The molecule has 0 spiro atoms. The van der Waals surface area contributed by atoms with Crippen molar-refractivity contribution in [2.45, 2.75) is 26.7 Å². The first-order valence-corrected chi connectivity index (χ1v) is 11.1. The van der Waals surface area contributed by atoms with Gasteiger partial charge in [0.25, 0.3) is 0 Å². The minimum absolute atomic E-state index is 0.619. The van der Waals surface area contributed by atoms with Crippen LogP contribution in [0.4, 0.5) is 0 Å². The maximum Gasteiger partial charge on any atom is 0.176 e. The van der Waals surface area contributed by atoms with Crippen LogP contribution in [0, 0.1) is 0 Å². The number of fused-ring (bicyclic) bond motifs is 2. The molecule has 0 radical (unpaired) electrons. The van der Waals surface area contributed by atoms with E-state index in [1.807, 2.05) is 64.1 Å². The molecular formula is C26H26N4O2. The quantitative estimate of drug-likeness (QED) is 0.333. The zero-order valence-corrected chi connectivity index (χ0v) is 18.4. The van der Waals surface area contributed by atoms with Crippen molar-refractivity contribution in [1.82, 2.24) is 19.4 Å². The topological polar surface area (TPSA) is 54.1 Å². The fraction of sp³-hybridized carbons (Fsp3) is 0.231. The van der Waals surface area contributed by atoms with Gasteiger partial charge in [0, 0.05) is 11.1 Å². The summed E-state index contributed by atoms with van der Waals surface area (Å²) in [5.74, 6) is 1.55. The Bertz CT molecular complexity index is 1270. The van der Waals surface area contributed by atoms with E-state index in [4.69, 9.17) is 19.6 Å². The minimum atomic E-state index is 0.619. The van der Waals surface area contributed by atoms with Crippen LogP contribution in [0.25, 0.3) is 44.8 Å². The highest BCUT2D eigenvalue weighted by Gasteiger charge is 2.17. The lowest BCUT2D eigenvalue weighted by atomic mass is 10.1. The smallest absolute Gasteiger partial charge is 0.176 e. The van der Waals surface area contributed by atoms with E-state index in [1.165, 1.54) is 0 Å². The first-order chi connectivity index (χ1) is 15.8. The molecule has 0 bridgehead atoms. The Hall–Kier alpha value is -3.80. The van der Waals surface area contributed by atoms with Gasteiger partial charge in [0.15, 0.2) is 11.6 Å². The van der Waals surface area contributed by atoms with Crippen LogP contribution in [0.15, 0.2) is 72.8 Å². The molecule has 2 heterocycles. The maximum absolute atomic E-state index is 6.07. The first kappa shape index (κ1) is 20.1. The van der Waals surface area contributed by atoms with Gasteiger partial charge in [-0.25, -0.2) is 9.97 Å². The molecule has 5 aromatic rings. The molecule has 162 valence electrons. The summed E-state index contributed by atoms with van der Waals surface area (Å²) in [4.78, 5) is 21.9. The second kappa shape index (κ2) is 8.75. The number of aromatic nitrogens is 4. The number of para-hydroxylation sites is 4. The van der Waals surface area contributed by atoms with E-state index in [0.29, 0.717) is 13.2 Å². The van der Waals surface area contributed by atoms with Gasteiger partial charge in [-0.05, 0) is 43.2 Å². The van der Waals surface area contributed by atoms with Crippen molar-refractivity contribution >= 4 is 22.1 Å². The number of imidazole rings is 2. The number of nitrogens with zero attached hydrogens (tertiary/aromatic N) is 4. The molecule has 3 aromatic carbocycles. The molecule has 5 rings (SSSR count). The van der Waals surface area contributed by atoms with Crippen molar-refractivity contribution in [1.29, 1.82) is 0 Å². The normalized spacial score (nSPS) is 11.3. The Labute approximate surface area is 187 Å². The fourth-order valence-corrected chi connectivity index (χ4v) is 3.80. The van der Waals surface area contributed by atoms with Gasteiger partial charge in [0.05, 0.1) is 11.0 Å². The summed E-state index contributed by atoms with van der Waals surface area (Å²) < 4.78 is 3.68. The second-order valence-electron chi connectivity index (χ2n) is 7.68. The fourth-order valence-electron chi connectivity index (χ4n) is 3.80. The molecule has 2 aromatic heterocycles. The monoisotopic (exact) mass is 426 g/mol.